The zero-order valence-electron chi connectivity index (χ0n) is 13.1. The number of aromatic hydroxyl groups is 1. The second kappa shape index (κ2) is 6.66. The molecule has 114 valence electrons. The minimum absolute atomic E-state index is 0.265. The lowest BCUT2D eigenvalue weighted by molar-refractivity contribution is 0.122. The monoisotopic (exact) mass is 290 g/mol. The van der Waals surface area contributed by atoms with Gasteiger partial charge < -0.3 is 18.7 Å². The van der Waals surface area contributed by atoms with Crippen molar-refractivity contribution in [3.8, 4) is 11.5 Å². The number of carbonyl (C=O) groups excluding carboxylic acids is 1. The van der Waals surface area contributed by atoms with Gasteiger partial charge in [-0.1, -0.05) is 13.8 Å². The quantitative estimate of drug-likeness (QED) is 0.652. The molecule has 0 saturated heterocycles. The SMILES string of the molecule is CCOc1c(CC)c(CC)c(O)c2cc([C-]=[O+]CC)oc12. The van der Waals surface area contributed by atoms with Crippen molar-refractivity contribution >= 4 is 17.3 Å². The molecule has 0 aliphatic carbocycles. The molecule has 1 N–H and O–H groups in total. The van der Waals surface area contributed by atoms with E-state index < -0.39 is 0 Å². The van der Waals surface area contributed by atoms with Crippen LogP contribution in [0.2, 0.25) is 0 Å². The van der Waals surface area contributed by atoms with E-state index in [-0.39, 0.29) is 5.75 Å². The summed E-state index contributed by atoms with van der Waals surface area (Å²) in [5.74, 6) is 1.44. The number of fused-ring (bicyclic) bond motifs is 1. The maximum Gasteiger partial charge on any atom is 0.262 e. The maximum atomic E-state index is 10.5. The van der Waals surface area contributed by atoms with Crippen molar-refractivity contribution in [3.63, 3.8) is 0 Å². The summed E-state index contributed by atoms with van der Waals surface area (Å²) in [5.41, 5.74) is 2.48. The molecular formula is C17H22O4. The smallest absolute Gasteiger partial charge is 0.262 e. The molecule has 0 radical (unpaired) electrons. The van der Waals surface area contributed by atoms with E-state index in [1.54, 1.807) is 6.07 Å². The van der Waals surface area contributed by atoms with Gasteiger partial charge in [0.25, 0.3) is 6.29 Å². The molecule has 0 spiro atoms. The van der Waals surface area contributed by atoms with E-state index in [2.05, 4.69) is 6.29 Å². The molecule has 4 heteroatoms. The summed E-state index contributed by atoms with van der Waals surface area (Å²) in [6, 6.07) is 1.74. The Labute approximate surface area is 125 Å². The van der Waals surface area contributed by atoms with Gasteiger partial charge in [-0.05, 0) is 30.7 Å². The van der Waals surface area contributed by atoms with Crippen LogP contribution in [0.3, 0.4) is 0 Å². The molecular weight excluding hydrogens is 268 g/mol. The van der Waals surface area contributed by atoms with Gasteiger partial charge in [0.1, 0.15) is 5.75 Å². The van der Waals surface area contributed by atoms with Crippen molar-refractivity contribution in [2.45, 2.75) is 40.5 Å². The molecule has 4 nitrogen and oxygen atoms in total. The van der Waals surface area contributed by atoms with Gasteiger partial charge in [0.05, 0.1) is 12.4 Å². The molecule has 1 aromatic carbocycles. The Balaban J connectivity index is 2.76. The van der Waals surface area contributed by atoms with Crippen LogP contribution in [0.5, 0.6) is 11.5 Å². The Morgan fingerprint density at radius 2 is 1.90 bits per heavy atom. The zero-order valence-corrected chi connectivity index (χ0v) is 13.1. The van der Waals surface area contributed by atoms with E-state index in [0.717, 1.165) is 24.0 Å². The van der Waals surface area contributed by atoms with Gasteiger partial charge in [-0.3, -0.25) is 0 Å². The van der Waals surface area contributed by atoms with Crippen LogP contribution in [0, 0.1) is 0 Å². The summed E-state index contributed by atoms with van der Waals surface area (Å²) in [5, 5.41) is 11.2. The molecule has 1 heterocycles. The summed E-state index contributed by atoms with van der Waals surface area (Å²) in [6.45, 7) is 8.95. The number of benzene rings is 1. The highest BCUT2D eigenvalue weighted by molar-refractivity contribution is 5.95. The van der Waals surface area contributed by atoms with Gasteiger partial charge >= 0.3 is 0 Å². The van der Waals surface area contributed by atoms with E-state index in [0.29, 0.717) is 35.7 Å². The Morgan fingerprint density at radius 3 is 2.48 bits per heavy atom. The molecule has 2 rings (SSSR count). The molecule has 2 aromatic rings. The first-order chi connectivity index (χ1) is 10.2. The molecule has 0 aliphatic rings. The Morgan fingerprint density at radius 1 is 1.19 bits per heavy atom. The Bertz CT molecular complexity index is 653. The Hall–Kier alpha value is -1.97. The summed E-state index contributed by atoms with van der Waals surface area (Å²) >= 11 is 0. The van der Waals surface area contributed by atoms with Crippen LogP contribution in [0.1, 0.15) is 44.6 Å². The lowest BCUT2D eigenvalue weighted by atomic mass is 9.98. The third-order valence-electron chi connectivity index (χ3n) is 3.43. The first kappa shape index (κ1) is 15.4. The fourth-order valence-electron chi connectivity index (χ4n) is 2.56. The number of ether oxygens (including phenoxy) is 1. The van der Waals surface area contributed by atoms with Crippen LogP contribution in [-0.4, -0.2) is 24.6 Å². The number of hydrogen-bond donors (Lipinski definition) is 1. The number of hydrogen-bond acceptors (Lipinski definition) is 3. The van der Waals surface area contributed by atoms with Crippen molar-refractivity contribution in [2.24, 2.45) is 0 Å². The van der Waals surface area contributed by atoms with Crippen LogP contribution >= 0.6 is 0 Å². The van der Waals surface area contributed by atoms with Crippen LogP contribution < -0.4 is 4.74 Å². The standard InChI is InChI=1S/C17H22O4/c1-5-12-13(6-2)16(20-8-4)17-14(15(12)18)9-11(21-17)10-19-7-3/h9,18H,5-8H2,1-4H3. The van der Waals surface area contributed by atoms with Gasteiger partial charge in [-0.15, -0.1) is 6.07 Å². The molecule has 0 unspecified atom stereocenters. The highest BCUT2D eigenvalue weighted by Crippen LogP contribution is 2.42. The predicted octanol–water partition coefficient (Wildman–Crippen LogP) is 3.68. The summed E-state index contributed by atoms with van der Waals surface area (Å²) in [7, 11) is 0. The van der Waals surface area contributed by atoms with E-state index in [1.165, 1.54) is 0 Å². The molecule has 0 amide bonds. The third kappa shape index (κ3) is 2.75. The summed E-state index contributed by atoms with van der Waals surface area (Å²) in [6.07, 6.45) is 4.24. The van der Waals surface area contributed by atoms with Gasteiger partial charge in [0.2, 0.25) is 6.61 Å². The highest BCUT2D eigenvalue weighted by atomic mass is 16.5. The lowest BCUT2D eigenvalue weighted by Crippen LogP contribution is -2.01. The zero-order chi connectivity index (χ0) is 15.4. The van der Waals surface area contributed by atoms with E-state index in [9.17, 15) is 5.11 Å². The fourth-order valence-corrected chi connectivity index (χ4v) is 2.56. The van der Waals surface area contributed by atoms with Gasteiger partial charge in [0, 0.05) is 12.5 Å². The minimum atomic E-state index is 0.265. The van der Waals surface area contributed by atoms with Crippen LogP contribution in [0.25, 0.3) is 11.0 Å². The molecule has 0 bridgehead atoms. The van der Waals surface area contributed by atoms with Gasteiger partial charge in [-0.2, -0.15) is 0 Å². The largest absolute Gasteiger partial charge is 0.509 e. The topological polar surface area (TPSA) is 53.9 Å². The van der Waals surface area contributed by atoms with Crippen LogP contribution in [0.4, 0.5) is 0 Å². The maximum absolute atomic E-state index is 10.5. The van der Waals surface area contributed by atoms with Gasteiger partial charge in [-0.25, -0.2) is 0 Å². The van der Waals surface area contributed by atoms with E-state index in [4.69, 9.17) is 13.6 Å². The van der Waals surface area contributed by atoms with Crippen molar-refractivity contribution in [2.75, 3.05) is 13.2 Å². The van der Waals surface area contributed by atoms with Gasteiger partial charge in [0.15, 0.2) is 11.3 Å². The van der Waals surface area contributed by atoms with Crippen molar-refractivity contribution in [1.82, 2.24) is 0 Å². The summed E-state index contributed by atoms with van der Waals surface area (Å²) < 4.78 is 16.7. The predicted molar refractivity (Wildman–Crippen MR) is 83.1 cm³/mol. The van der Waals surface area contributed by atoms with Crippen molar-refractivity contribution < 1.29 is 18.7 Å². The second-order valence-electron chi connectivity index (χ2n) is 4.66. The molecule has 1 aromatic heterocycles. The molecule has 0 fully saturated rings. The van der Waals surface area contributed by atoms with Crippen LogP contribution in [0.15, 0.2) is 10.5 Å². The molecule has 0 aliphatic heterocycles. The number of phenols is 1. The normalized spacial score (nSPS) is 11.6. The second-order valence-corrected chi connectivity index (χ2v) is 4.66. The average molecular weight is 290 g/mol. The average Bonchev–Trinajstić information content (AvgIpc) is 2.92. The van der Waals surface area contributed by atoms with Crippen molar-refractivity contribution in [1.29, 1.82) is 0 Å². The van der Waals surface area contributed by atoms with Crippen LogP contribution in [-0.2, 0) is 17.3 Å². The minimum Gasteiger partial charge on any atom is -0.509 e. The summed E-state index contributed by atoms with van der Waals surface area (Å²) in [4.78, 5) is 0. The molecule has 0 atom stereocenters. The number of phenolic OH excluding ortho intramolecular Hbond substituents is 1. The Kier molecular flexibility index (Phi) is 4.89. The fraction of sp³-hybridized carbons (Fsp3) is 0.471. The first-order valence-electron chi connectivity index (χ1n) is 7.48. The highest BCUT2D eigenvalue weighted by Gasteiger charge is 2.19. The number of rotatable bonds is 6. The third-order valence-corrected chi connectivity index (χ3v) is 3.43. The molecule has 21 heavy (non-hydrogen) atoms. The van der Waals surface area contributed by atoms with E-state index in [1.807, 2.05) is 27.7 Å². The van der Waals surface area contributed by atoms with E-state index >= 15 is 0 Å². The first-order valence-corrected chi connectivity index (χ1v) is 7.48. The molecule has 0 saturated carbocycles. The van der Waals surface area contributed by atoms with Crippen molar-refractivity contribution in [3.05, 3.63) is 23.0 Å². The lowest BCUT2D eigenvalue weighted by Gasteiger charge is -2.16. The number of furan rings is 1.